The van der Waals surface area contributed by atoms with Crippen molar-refractivity contribution in [2.24, 2.45) is 0 Å². The molecule has 1 heterocycles. The summed E-state index contributed by atoms with van der Waals surface area (Å²) in [6.45, 7) is 0. The van der Waals surface area contributed by atoms with Crippen molar-refractivity contribution in [2.45, 2.75) is 5.03 Å². The zero-order valence-corrected chi connectivity index (χ0v) is 9.81. The van der Waals surface area contributed by atoms with Gasteiger partial charge < -0.3 is 0 Å². The summed E-state index contributed by atoms with van der Waals surface area (Å²) < 4.78 is 22.3. The van der Waals surface area contributed by atoms with Crippen molar-refractivity contribution in [3.63, 3.8) is 0 Å². The standard InChI is InChI=1S/C9H6ClNO2S.ClH/c10-14(12,13)9-8-4-2-1-3-7(8)5-6-11-9;/h1-6H;1H. The van der Waals surface area contributed by atoms with E-state index in [9.17, 15) is 8.42 Å². The van der Waals surface area contributed by atoms with Crippen LogP contribution in [0.15, 0.2) is 41.6 Å². The molecule has 6 heteroatoms. The van der Waals surface area contributed by atoms with Gasteiger partial charge in [0.2, 0.25) is 0 Å². The van der Waals surface area contributed by atoms with Gasteiger partial charge in [-0.1, -0.05) is 24.3 Å². The first-order valence-electron chi connectivity index (χ1n) is 3.87. The van der Waals surface area contributed by atoms with Gasteiger partial charge in [0.15, 0.2) is 5.03 Å². The van der Waals surface area contributed by atoms with Crippen LogP contribution in [0, 0.1) is 0 Å². The van der Waals surface area contributed by atoms with Crippen LogP contribution >= 0.6 is 23.1 Å². The van der Waals surface area contributed by atoms with Crippen LogP contribution in [0.3, 0.4) is 0 Å². The zero-order chi connectivity index (χ0) is 10.2. The Balaban J connectivity index is 0.00000112. The first kappa shape index (κ1) is 12.2. The molecule has 0 unspecified atom stereocenters. The van der Waals surface area contributed by atoms with Crippen LogP contribution in [-0.4, -0.2) is 13.4 Å². The second-order valence-electron chi connectivity index (χ2n) is 2.78. The Kier molecular flexibility index (Phi) is 3.54. The van der Waals surface area contributed by atoms with Crippen LogP contribution in [0.1, 0.15) is 0 Å². The number of benzene rings is 1. The number of pyridine rings is 1. The largest absolute Gasteiger partial charge is 0.279 e. The summed E-state index contributed by atoms with van der Waals surface area (Å²) in [6, 6.07) is 8.80. The molecule has 80 valence electrons. The van der Waals surface area contributed by atoms with Crippen molar-refractivity contribution in [2.75, 3.05) is 0 Å². The Hall–Kier alpha value is -0.840. The molecule has 0 radical (unpaired) electrons. The lowest BCUT2D eigenvalue weighted by molar-refractivity contribution is 0.607. The Bertz CT molecular complexity index is 578. The minimum absolute atomic E-state index is 0. The highest BCUT2D eigenvalue weighted by molar-refractivity contribution is 8.13. The summed E-state index contributed by atoms with van der Waals surface area (Å²) in [6.07, 6.45) is 1.43. The molecule has 0 fully saturated rings. The molecule has 0 saturated heterocycles. The van der Waals surface area contributed by atoms with E-state index in [0.717, 1.165) is 5.39 Å². The van der Waals surface area contributed by atoms with Crippen LogP contribution in [-0.2, 0) is 9.05 Å². The maximum absolute atomic E-state index is 11.1. The quantitative estimate of drug-likeness (QED) is 0.744. The zero-order valence-electron chi connectivity index (χ0n) is 7.42. The maximum Gasteiger partial charge on any atom is 0.279 e. The van der Waals surface area contributed by atoms with Gasteiger partial charge in [-0.15, -0.1) is 12.4 Å². The molecule has 0 aliphatic heterocycles. The molecule has 2 aromatic rings. The molecule has 0 aliphatic carbocycles. The Morgan fingerprint density at radius 1 is 1.13 bits per heavy atom. The second-order valence-corrected chi connectivity index (χ2v) is 5.26. The third kappa shape index (κ3) is 2.40. The molecular formula is C9H7Cl2NO2S. The lowest BCUT2D eigenvalue weighted by atomic mass is 10.2. The summed E-state index contributed by atoms with van der Waals surface area (Å²) in [5.41, 5.74) is 0. The molecule has 0 spiro atoms. The minimum Gasteiger partial charge on any atom is -0.243 e. The first-order valence-corrected chi connectivity index (χ1v) is 6.18. The lowest BCUT2D eigenvalue weighted by Gasteiger charge is -2.00. The van der Waals surface area contributed by atoms with Gasteiger partial charge in [-0.25, -0.2) is 13.4 Å². The highest BCUT2D eigenvalue weighted by Crippen LogP contribution is 2.22. The second kappa shape index (κ2) is 4.35. The third-order valence-corrected chi connectivity index (χ3v) is 3.09. The summed E-state index contributed by atoms with van der Waals surface area (Å²) >= 11 is 0. The van der Waals surface area contributed by atoms with Gasteiger partial charge in [0, 0.05) is 22.3 Å². The van der Waals surface area contributed by atoms with Gasteiger partial charge in [0.1, 0.15) is 0 Å². The summed E-state index contributed by atoms with van der Waals surface area (Å²) in [5, 5.41) is 1.27. The number of halogens is 2. The normalized spacial score (nSPS) is 11.0. The Morgan fingerprint density at radius 2 is 1.80 bits per heavy atom. The van der Waals surface area contributed by atoms with Crippen molar-refractivity contribution >= 4 is 42.9 Å². The van der Waals surface area contributed by atoms with E-state index >= 15 is 0 Å². The molecule has 0 atom stereocenters. The van der Waals surface area contributed by atoms with Gasteiger partial charge in [-0.05, 0) is 11.5 Å². The van der Waals surface area contributed by atoms with Gasteiger partial charge in [-0.2, -0.15) is 0 Å². The summed E-state index contributed by atoms with van der Waals surface area (Å²) in [4.78, 5) is 3.76. The van der Waals surface area contributed by atoms with E-state index < -0.39 is 9.05 Å². The lowest BCUT2D eigenvalue weighted by Crippen LogP contribution is -1.95. The van der Waals surface area contributed by atoms with Crippen molar-refractivity contribution in [3.8, 4) is 0 Å². The van der Waals surface area contributed by atoms with E-state index in [0.29, 0.717) is 5.39 Å². The van der Waals surface area contributed by atoms with E-state index in [4.69, 9.17) is 10.7 Å². The summed E-state index contributed by atoms with van der Waals surface area (Å²) in [7, 11) is 1.48. The molecule has 1 aromatic carbocycles. The molecule has 0 amide bonds. The predicted octanol–water partition coefficient (Wildman–Crippen LogP) is 2.58. The summed E-state index contributed by atoms with van der Waals surface area (Å²) in [5.74, 6) is 0. The smallest absolute Gasteiger partial charge is 0.243 e. The number of hydrogen-bond donors (Lipinski definition) is 0. The monoisotopic (exact) mass is 263 g/mol. The Labute approximate surface area is 97.9 Å². The Morgan fingerprint density at radius 3 is 2.47 bits per heavy atom. The van der Waals surface area contributed by atoms with Crippen molar-refractivity contribution in [1.29, 1.82) is 0 Å². The van der Waals surface area contributed by atoms with E-state index in [1.807, 2.05) is 12.1 Å². The number of fused-ring (bicyclic) bond motifs is 1. The molecule has 15 heavy (non-hydrogen) atoms. The molecule has 2 rings (SSSR count). The van der Waals surface area contributed by atoms with Gasteiger partial charge in [-0.3, -0.25) is 0 Å². The molecule has 3 nitrogen and oxygen atoms in total. The van der Waals surface area contributed by atoms with Crippen LogP contribution in [0.4, 0.5) is 0 Å². The van der Waals surface area contributed by atoms with Crippen LogP contribution in [0.25, 0.3) is 10.8 Å². The fourth-order valence-corrected chi connectivity index (χ4v) is 2.29. The average Bonchev–Trinajstić information content (AvgIpc) is 2.15. The molecule has 1 aromatic heterocycles. The number of rotatable bonds is 1. The minimum atomic E-state index is -3.77. The molecule has 0 N–H and O–H groups in total. The predicted molar refractivity (Wildman–Crippen MR) is 62.0 cm³/mol. The fraction of sp³-hybridized carbons (Fsp3) is 0. The number of hydrogen-bond acceptors (Lipinski definition) is 3. The van der Waals surface area contributed by atoms with E-state index in [1.54, 1.807) is 18.2 Å². The van der Waals surface area contributed by atoms with E-state index in [-0.39, 0.29) is 17.4 Å². The third-order valence-electron chi connectivity index (χ3n) is 1.87. The van der Waals surface area contributed by atoms with Gasteiger partial charge in [0.25, 0.3) is 9.05 Å². The SMILES string of the molecule is Cl.O=S(=O)(Cl)c1nccc2ccccc12. The average molecular weight is 264 g/mol. The van der Waals surface area contributed by atoms with Crippen LogP contribution < -0.4 is 0 Å². The first-order chi connectivity index (χ1) is 6.59. The topological polar surface area (TPSA) is 47.0 Å². The van der Waals surface area contributed by atoms with Crippen LogP contribution in [0.5, 0.6) is 0 Å². The van der Waals surface area contributed by atoms with Crippen molar-refractivity contribution in [1.82, 2.24) is 4.98 Å². The molecular weight excluding hydrogens is 257 g/mol. The highest BCUT2D eigenvalue weighted by atomic mass is 35.7. The highest BCUT2D eigenvalue weighted by Gasteiger charge is 2.14. The number of nitrogens with zero attached hydrogens (tertiary/aromatic N) is 1. The molecule has 0 bridgehead atoms. The van der Waals surface area contributed by atoms with Gasteiger partial charge >= 0.3 is 0 Å². The van der Waals surface area contributed by atoms with E-state index in [2.05, 4.69) is 4.98 Å². The maximum atomic E-state index is 11.1. The fourth-order valence-electron chi connectivity index (χ4n) is 1.29. The van der Waals surface area contributed by atoms with Crippen molar-refractivity contribution in [3.05, 3.63) is 36.5 Å². The van der Waals surface area contributed by atoms with E-state index in [1.165, 1.54) is 6.20 Å². The molecule has 0 saturated carbocycles. The van der Waals surface area contributed by atoms with Crippen LogP contribution in [0.2, 0.25) is 0 Å². The van der Waals surface area contributed by atoms with Crippen molar-refractivity contribution < 1.29 is 8.42 Å². The van der Waals surface area contributed by atoms with Gasteiger partial charge in [0.05, 0.1) is 0 Å². The molecule has 0 aliphatic rings. The number of aromatic nitrogens is 1.